The summed E-state index contributed by atoms with van der Waals surface area (Å²) in [5.41, 5.74) is 3.54. The van der Waals surface area contributed by atoms with E-state index in [1.165, 1.54) is 10.7 Å². The number of phenols is 1. The number of nitrogens with zero attached hydrogens (tertiary/aromatic N) is 3. The normalized spacial score (nSPS) is 13.6. The number of rotatable bonds is 6. The lowest BCUT2D eigenvalue weighted by molar-refractivity contribution is 0.101. The lowest BCUT2D eigenvalue weighted by Gasteiger charge is -2.12. The number of nitrogens with one attached hydrogen (secondary N) is 2. The molecule has 4 aromatic rings. The molecule has 190 valence electrons. The largest absolute Gasteiger partial charge is 0.507 e. The number of benzene rings is 2. The first-order chi connectivity index (χ1) is 17.9. The van der Waals surface area contributed by atoms with Crippen molar-refractivity contribution < 1.29 is 14.7 Å². The fourth-order valence-electron chi connectivity index (χ4n) is 4.80. The molecule has 8 nitrogen and oxygen atoms in total. The van der Waals surface area contributed by atoms with Crippen LogP contribution in [0.2, 0.25) is 5.02 Å². The number of phenolic OH excluding ortho intramolecular Hbond substituents is 1. The van der Waals surface area contributed by atoms with E-state index in [-0.39, 0.29) is 30.2 Å². The number of aryl methyl sites for hydroxylation is 1. The third kappa shape index (κ3) is 5.24. The summed E-state index contributed by atoms with van der Waals surface area (Å²) in [4.78, 5) is 25.9. The van der Waals surface area contributed by atoms with E-state index in [1.54, 1.807) is 48.1 Å². The summed E-state index contributed by atoms with van der Waals surface area (Å²) in [6.45, 7) is 0.268. The summed E-state index contributed by atoms with van der Waals surface area (Å²) < 4.78 is 3.13. The molecule has 1 aliphatic carbocycles. The first kappa shape index (κ1) is 24.6. The molecule has 1 fully saturated rings. The third-order valence-electron chi connectivity index (χ3n) is 6.80. The molecule has 0 radical (unpaired) electrons. The summed E-state index contributed by atoms with van der Waals surface area (Å²) in [6.07, 6.45) is 5.94. The molecule has 2 aromatic heterocycles. The molecule has 0 atom stereocenters. The zero-order chi connectivity index (χ0) is 25.9. The molecule has 9 heteroatoms. The van der Waals surface area contributed by atoms with E-state index in [2.05, 4.69) is 15.7 Å². The van der Waals surface area contributed by atoms with Crippen LogP contribution in [0, 0.1) is 0 Å². The van der Waals surface area contributed by atoms with Crippen molar-refractivity contribution in [3.63, 3.8) is 0 Å². The van der Waals surface area contributed by atoms with Gasteiger partial charge in [0.15, 0.2) is 0 Å². The summed E-state index contributed by atoms with van der Waals surface area (Å²) in [7, 11) is 1.80. The maximum atomic E-state index is 13.2. The van der Waals surface area contributed by atoms with Gasteiger partial charge in [-0.3, -0.25) is 4.79 Å². The van der Waals surface area contributed by atoms with Gasteiger partial charge in [-0.05, 0) is 60.9 Å². The highest BCUT2D eigenvalue weighted by molar-refractivity contribution is 6.31. The van der Waals surface area contributed by atoms with Crippen LogP contribution in [0.25, 0.3) is 11.3 Å². The van der Waals surface area contributed by atoms with Gasteiger partial charge in [-0.15, -0.1) is 0 Å². The Hall–Kier alpha value is -4.04. The van der Waals surface area contributed by atoms with Gasteiger partial charge >= 0.3 is 6.03 Å². The molecule has 0 aliphatic heterocycles. The Bertz CT molecular complexity index is 1450. The number of hydrogen-bond donors (Lipinski definition) is 3. The van der Waals surface area contributed by atoms with Crippen molar-refractivity contribution in [2.75, 3.05) is 5.32 Å². The molecular formula is C28H28ClN5O3. The fourth-order valence-corrected chi connectivity index (χ4v) is 5.00. The molecule has 0 bridgehead atoms. The van der Waals surface area contributed by atoms with Crippen molar-refractivity contribution in [3.8, 4) is 17.0 Å². The lowest BCUT2D eigenvalue weighted by Crippen LogP contribution is -2.30. The average Bonchev–Trinajstić information content (AvgIpc) is 3.65. The standard InChI is InChI=1S/C28H28ClN5O3/c1-33-14-6-11-24(33)27(36)31-20-12-13-26(35)21(15-20)23-16-25(18-7-2-3-8-18)34(32-23)28(37)30-17-19-9-4-5-10-22(19)29/h4-6,9-16,18,35H,2-3,7-8,17H2,1H3,(H,30,37)(H,31,36). The minimum Gasteiger partial charge on any atom is -0.507 e. The van der Waals surface area contributed by atoms with Crippen LogP contribution in [0.3, 0.4) is 0 Å². The number of amides is 2. The zero-order valence-electron chi connectivity index (χ0n) is 20.4. The topological polar surface area (TPSA) is 101 Å². The first-order valence-electron chi connectivity index (χ1n) is 12.3. The number of aromatic hydroxyl groups is 1. The average molecular weight is 518 g/mol. The number of carbonyl (C=O) groups excluding carboxylic acids is 2. The van der Waals surface area contributed by atoms with Gasteiger partial charge in [-0.2, -0.15) is 9.78 Å². The van der Waals surface area contributed by atoms with Crippen LogP contribution in [0.4, 0.5) is 10.5 Å². The second-order valence-corrected chi connectivity index (χ2v) is 9.70. The highest BCUT2D eigenvalue weighted by Crippen LogP contribution is 2.38. The monoisotopic (exact) mass is 517 g/mol. The maximum absolute atomic E-state index is 13.2. The Labute approximate surface area is 219 Å². The van der Waals surface area contributed by atoms with E-state index in [4.69, 9.17) is 11.6 Å². The Morgan fingerprint density at radius 2 is 1.86 bits per heavy atom. The van der Waals surface area contributed by atoms with Crippen molar-refractivity contribution in [3.05, 3.63) is 88.8 Å². The molecule has 2 aromatic carbocycles. The van der Waals surface area contributed by atoms with Crippen LogP contribution in [-0.2, 0) is 13.6 Å². The Morgan fingerprint density at radius 3 is 2.59 bits per heavy atom. The van der Waals surface area contributed by atoms with E-state index < -0.39 is 0 Å². The molecule has 37 heavy (non-hydrogen) atoms. The lowest BCUT2D eigenvalue weighted by atomic mass is 10.0. The third-order valence-corrected chi connectivity index (χ3v) is 7.17. The second-order valence-electron chi connectivity index (χ2n) is 9.29. The molecule has 1 saturated carbocycles. The molecule has 2 amide bonds. The number of carbonyl (C=O) groups is 2. The zero-order valence-corrected chi connectivity index (χ0v) is 21.2. The van der Waals surface area contributed by atoms with E-state index in [0.29, 0.717) is 27.7 Å². The van der Waals surface area contributed by atoms with Crippen molar-refractivity contribution in [2.45, 2.75) is 38.1 Å². The quantitative estimate of drug-likeness (QED) is 0.276. The van der Waals surface area contributed by atoms with E-state index in [0.717, 1.165) is 36.9 Å². The van der Waals surface area contributed by atoms with Gasteiger partial charge in [0.2, 0.25) is 0 Å². The number of aromatic nitrogens is 3. The molecular weight excluding hydrogens is 490 g/mol. The number of hydrogen-bond acceptors (Lipinski definition) is 4. The molecule has 5 rings (SSSR count). The van der Waals surface area contributed by atoms with Gasteiger partial charge in [0.1, 0.15) is 11.4 Å². The van der Waals surface area contributed by atoms with Gasteiger partial charge in [-0.1, -0.05) is 42.6 Å². The second kappa shape index (κ2) is 10.5. The number of anilines is 1. The SMILES string of the molecule is Cn1cccc1C(=O)Nc1ccc(O)c(-c2cc(C3CCCC3)n(C(=O)NCc3ccccc3Cl)n2)c1. The van der Waals surface area contributed by atoms with Crippen LogP contribution in [0.15, 0.2) is 66.9 Å². The molecule has 1 aliphatic rings. The molecule has 3 N–H and O–H groups in total. The van der Waals surface area contributed by atoms with Crippen molar-refractivity contribution in [1.82, 2.24) is 19.7 Å². The van der Waals surface area contributed by atoms with E-state index in [1.807, 2.05) is 24.3 Å². The summed E-state index contributed by atoms with van der Waals surface area (Å²) in [5.74, 6) is -0.0501. The predicted octanol–water partition coefficient (Wildman–Crippen LogP) is 5.92. The van der Waals surface area contributed by atoms with Crippen LogP contribution in [-0.4, -0.2) is 31.4 Å². The van der Waals surface area contributed by atoms with E-state index >= 15 is 0 Å². The summed E-state index contributed by atoms with van der Waals surface area (Å²) in [6, 6.07) is 17.2. The van der Waals surface area contributed by atoms with Crippen molar-refractivity contribution in [2.24, 2.45) is 7.05 Å². The molecule has 0 unspecified atom stereocenters. The predicted molar refractivity (Wildman–Crippen MR) is 143 cm³/mol. The molecule has 0 saturated heterocycles. The highest BCUT2D eigenvalue weighted by Gasteiger charge is 2.26. The molecule has 2 heterocycles. The van der Waals surface area contributed by atoms with Gasteiger partial charge in [0.05, 0.1) is 11.4 Å². The maximum Gasteiger partial charge on any atom is 0.342 e. The minimum absolute atomic E-state index is 0.0102. The van der Waals surface area contributed by atoms with Crippen LogP contribution < -0.4 is 10.6 Å². The van der Waals surface area contributed by atoms with Crippen LogP contribution >= 0.6 is 11.6 Å². The fraction of sp³-hybridized carbons (Fsp3) is 0.250. The smallest absolute Gasteiger partial charge is 0.342 e. The van der Waals surface area contributed by atoms with Gasteiger partial charge < -0.3 is 20.3 Å². The van der Waals surface area contributed by atoms with Crippen LogP contribution in [0.1, 0.15) is 53.3 Å². The van der Waals surface area contributed by atoms with E-state index in [9.17, 15) is 14.7 Å². The highest BCUT2D eigenvalue weighted by atomic mass is 35.5. The van der Waals surface area contributed by atoms with Crippen LogP contribution in [0.5, 0.6) is 5.75 Å². The van der Waals surface area contributed by atoms with Gasteiger partial charge in [-0.25, -0.2) is 4.79 Å². The Balaban J connectivity index is 1.43. The summed E-state index contributed by atoms with van der Waals surface area (Å²) >= 11 is 6.25. The Kier molecular flexibility index (Phi) is 7.01. The van der Waals surface area contributed by atoms with Crippen molar-refractivity contribution in [1.29, 1.82) is 0 Å². The van der Waals surface area contributed by atoms with Gasteiger partial charge in [0.25, 0.3) is 5.91 Å². The minimum atomic E-state index is -0.360. The number of halogens is 1. The van der Waals surface area contributed by atoms with Crippen molar-refractivity contribution >= 4 is 29.2 Å². The first-order valence-corrected chi connectivity index (χ1v) is 12.7. The van der Waals surface area contributed by atoms with Gasteiger partial charge in [0, 0.05) is 42.0 Å². The molecule has 0 spiro atoms. The summed E-state index contributed by atoms with van der Waals surface area (Å²) in [5, 5.41) is 21.6. The Morgan fingerprint density at radius 1 is 1.08 bits per heavy atom.